The summed E-state index contributed by atoms with van der Waals surface area (Å²) in [6.07, 6.45) is 6.22. The molecule has 26 heavy (non-hydrogen) atoms. The monoisotopic (exact) mass is 384 g/mol. The van der Waals surface area contributed by atoms with Crippen molar-refractivity contribution in [1.29, 1.82) is 0 Å². The van der Waals surface area contributed by atoms with Gasteiger partial charge in [0.25, 0.3) is 5.56 Å². The molecule has 4 heterocycles. The predicted molar refractivity (Wildman–Crippen MR) is 102 cm³/mol. The maximum Gasteiger partial charge on any atom is 0.258 e. The minimum absolute atomic E-state index is 0.0562. The van der Waals surface area contributed by atoms with Crippen LogP contribution in [-0.4, -0.2) is 29.1 Å². The number of fused-ring (bicyclic) bond motifs is 1. The van der Waals surface area contributed by atoms with Crippen LogP contribution in [0, 0.1) is 0 Å². The summed E-state index contributed by atoms with van der Waals surface area (Å²) in [6, 6.07) is 5.44. The highest BCUT2D eigenvalue weighted by Crippen LogP contribution is 2.26. The highest BCUT2D eigenvalue weighted by Gasteiger charge is 2.14. The van der Waals surface area contributed by atoms with E-state index < -0.39 is 0 Å². The van der Waals surface area contributed by atoms with Crippen LogP contribution in [0.2, 0.25) is 0 Å². The van der Waals surface area contributed by atoms with Crippen molar-refractivity contribution in [2.45, 2.75) is 30.8 Å². The first kappa shape index (κ1) is 16.9. The van der Waals surface area contributed by atoms with Gasteiger partial charge < -0.3 is 4.57 Å². The van der Waals surface area contributed by atoms with E-state index in [-0.39, 0.29) is 5.56 Å². The van der Waals surface area contributed by atoms with Gasteiger partial charge in [-0.05, 0) is 18.6 Å². The third-order valence-electron chi connectivity index (χ3n) is 3.81. The Kier molecular flexibility index (Phi) is 4.81. The molecule has 0 fully saturated rings. The van der Waals surface area contributed by atoms with Crippen LogP contribution < -0.4 is 5.56 Å². The number of hydrogen-bond acceptors (Lipinski definition) is 7. The normalized spacial score (nSPS) is 11.3. The molecule has 4 aromatic heterocycles. The molecule has 0 bridgehead atoms. The Morgan fingerprint density at radius 1 is 1.23 bits per heavy atom. The van der Waals surface area contributed by atoms with Crippen molar-refractivity contribution in [2.24, 2.45) is 0 Å². The molecular weight excluding hydrogens is 368 g/mol. The van der Waals surface area contributed by atoms with Crippen LogP contribution >= 0.6 is 23.1 Å². The smallest absolute Gasteiger partial charge is 0.258 e. The molecular formula is C17H16N6OS2. The molecule has 132 valence electrons. The van der Waals surface area contributed by atoms with Gasteiger partial charge in [0.15, 0.2) is 15.9 Å². The summed E-state index contributed by atoms with van der Waals surface area (Å²) in [5.74, 6) is 1.40. The fraction of sp³-hybridized carbons (Fsp3) is 0.235. The van der Waals surface area contributed by atoms with Gasteiger partial charge in [-0.25, -0.2) is 4.98 Å². The zero-order chi connectivity index (χ0) is 17.9. The van der Waals surface area contributed by atoms with E-state index in [1.807, 2.05) is 17.5 Å². The first-order valence-electron chi connectivity index (χ1n) is 8.18. The molecule has 0 aliphatic heterocycles. The molecule has 9 heteroatoms. The molecule has 0 spiro atoms. The number of nitrogens with zero attached hydrogens (tertiary/aromatic N) is 6. The molecule has 0 saturated heterocycles. The Bertz CT molecular complexity index is 1090. The average Bonchev–Trinajstić information content (AvgIpc) is 3.28. The Hall–Kier alpha value is -2.52. The number of thioether (sulfide) groups is 1. The first-order chi connectivity index (χ1) is 12.8. The third kappa shape index (κ3) is 3.27. The van der Waals surface area contributed by atoms with Gasteiger partial charge in [0.2, 0.25) is 0 Å². The van der Waals surface area contributed by atoms with Crippen molar-refractivity contribution in [3.05, 3.63) is 58.2 Å². The highest BCUT2D eigenvalue weighted by atomic mass is 32.2. The lowest BCUT2D eigenvalue weighted by atomic mass is 10.2. The minimum Gasteiger partial charge on any atom is -0.302 e. The van der Waals surface area contributed by atoms with E-state index in [4.69, 9.17) is 0 Å². The molecule has 0 atom stereocenters. The third-order valence-corrected chi connectivity index (χ3v) is 5.56. The van der Waals surface area contributed by atoms with Gasteiger partial charge in [0.05, 0.1) is 5.69 Å². The van der Waals surface area contributed by atoms with Crippen LogP contribution in [0.5, 0.6) is 0 Å². The number of aromatic nitrogens is 6. The Morgan fingerprint density at radius 2 is 2.08 bits per heavy atom. The first-order valence-corrected chi connectivity index (χ1v) is 10.0. The van der Waals surface area contributed by atoms with Crippen LogP contribution in [0.25, 0.3) is 16.3 Å². The molecule has 0 amide bonds. The van der Waals surface area contributed by atoms with Gasteiger partial charge in [0.1, 0.15) is 0 Å². The molecule has 0 aliphatic carbocycles. The highest BCUT2D eigenvalue weighted by molar-refractivity contribution is 7.98. The summed E-state index contributed by atoms with van der Waals surface area (Å²) in [5, 5.41) is 11.4. The molecule has 0 radical (unpaired) electrons. The van der Waals surface area contributed by atoms with Crippen molar-refractivity contribution in [2.75, 3.05) is 0 Å². The summed E-state index contributed by atoms with van der Waals surface area (Å²) in [6.45, 7) is 2.95. The quantitative estimate of drug-likeness (QED) is 0.475. The van der Waals surface area contributed by atoms with Crippen LogP contribution in [0.3, 0.4) is 0 Å². The molecule has 0 aromatic carbocycles. The van der Waals surface area contributed by atoms with Gasteiger partial charge in [-0.2, -0.15) is 0 Å². The number of pyridine rings is 1. The van der Waals surface area contributed by atoms with Crippen LogP contribution in [0.4, 0.5) is 0 Å². The van der Waals surface area contributed by atoms with Crippen molar-refractivity contribution in [1.82, 2.24) is 29.1 Å². The summed E-state index contributed by atoms with van der Waals surface area (Å²) >= 11 is 3.00. The summed E-state index contributed by atoms with van der Waals surface area (Å²) in [4.78, 5) is 21.4. The second kappa shape index (κ2) is 7.38. The molecule has 4 rings (SSSR count). The molecule has 0 saturated carbocycles. The number of hydrogen-bond donors (Lipinski definition) is 0. The van der Waals surface area contributed by atoms with E-state index in [0.717, 1.165) is 35.2 Å². The van der Waals surface area contributed by atoms with Gasteiger partial charge in [-0.3, -0.25) is 14.2 Å². The van der Waals surface area contributed by atoms with Gasteiger partial charge in [-0.1, -0.05) is 18.7 Å². The fourth-order valence-electron chi connectivity index (χ4n) is 2.64. The number of thiazole rings is 1. The fourth-order valence-corrected chi connectivity index (χ4v) is 4.23. The second-order valence-corrected chi connectivity index (χ2v) is 7.44. The van der Waals surface area contributed by atoms with Gasteiger partial charge in [0, 0.05) is 47.9 Å². The topological polar surface area (TPSA) is 78.0 Å². The Morgan fingerprint density at radius 3 is 2.88 bits per heavy atom. The van der Waals surface area contributed by atoms with E-state index in [1.165, 1.54) is 11.3 Å². The Balaban J connectivity index is 1.61. The summed E-state index contributed by atoms with van der Waals surface area (Å²) in [5.41, 5.74) is 1.68. The van der Waals surface area contributed by atoms with Gasteiger partial charge in [-0.15, -0.1) is 21.5 Å². The largest absolute Gasteiger partial charge is 0.302 e. The SMILES string of the molecule is CCCn1c(SCc2cc(=O)n3ccsc3n2)nnc1-c1ccncc1. The van der Waals surface area contributed by atoms with Crippen LogP contribution in [0.1, 0.15) is 19.0 Å². The van der Waals surface area contributed by atoms with E-state index >= 15 is 0 Å². The van der Waals surface area contributed by atoms with Crippen LogP contribution in [-0.2, 0) is 12.3 Å². The second-order valence-electron chi connectivity index (χ2n) is 5.62. The molecule has 0 unspecified atom stereocenters. The Labute approximate surface area is 157 Å². The lowest BCUT2D eigenvalue weighted by Crippen LogP contribution is -2.12. The molecule has 4 aromatic rings. The van der Waals surface area contributed by atoms with Crippen molar-refractivity contribution in [3.8, 4) is 11.4 Å². The summed E-state index contributed by atoms with van der Waals surface area (Å²) in [7, 11) is 0. The zero-order valence-electron chi connectivity index (χ0n) is 14.1. The minimum atomic E-state index is -0.0562. The molecule has 0 aliphatic rings. The van der Waals surface area contributed by atoms with E-state index in [2.05, 4.69) is 31.7 Å². The predicted octanol–water partition coefficient (Wildman–Crippen LogP) is 3.11. The van der Waals surface area contributed by atoms with Crippen LogP contribution in [0.15, 0.2) is 52.1 Å². The lowest BCUT2D eigenvalue weighted by molar-refractivity contribution is 0.626. The molecule has 0 N–H and O–H groups in total. The van der Waals surface area contributed by atoms with E-state index in [9.17, 15) is 4.79 Å². The zero-order valence-corrected chi connectivity index (χ0v) is 15.7. The number of rotatable bonds is 6. The van der Waals surface area contributed by atoms with E-state index in [1.54, 1.807) is 40.8 Å². The van der Waals surface area contributed by atoms with Crippen molar-refractivity contribution >= 4 is 28.1 Å². The average molecular weight is 384 g/mol. The molecule has 7 nitrogen and oxygen atoms in total. The maximum absolute atomic E-state index is 12.1. The maximum atomic E-state index is 12.1. The van der Waals surface area contributed by atoms with Crippen molar-refractivity contribution in [3.63, 3.8) is 0 Å². The van der Waals surface area contributed by atoms with E-state index in [0.29, 0.717) is 10.7 Å². The van der Waals surface area contributed by atoms with Crippen molar-refractivity contribution < 1.29 is 0 Å². The lowest BCUT2D eigenvalue weighted by Gasteiger charge is -2.08. The standard InChI is InChI=1S/C17H16N6OS2/c1-2-7-23-15(12-3-5-18-6-4-12)20-21-17(23)26-11-13-10-14(24)22-8-9-25-16(22)19-13/h3-6,8-10H,2,7,11H2,1H3. The summed E-state index contributed by atoms with van der Waals surface area (Å²) < 4.78 is 3.66. The van der Waals surface area contributed by atoms with Gasteiger partial charge >= 0.3 is 0 Å².